The molecule has 14 heavy (non-hydrogen) atoms. The van der Waals surface area contributed by atoms with Gasteiger partial charge in [0, 0.05) is 29.9 Å². The third-order valence-corrected chi connectivity index (χ3v) is 3.45. The molecule has 74 valence electrons. The second kappa shape index (κ2) is 2.84. The lowest BCUT2D eigenvalue weighted by molar-refractivity contribution is 0.552. The van der Waals surface area contributed by atoms with E-state index in [0.29, 0.717) is 0 Å². The van der Waals surface area contributed by atoms with Crippen LogP contribution in [-0.2, 0) is 5.41 Å². The number of aromatic nitrogens is 1. The van der Waals surface area contributed by atoms with Crippen molar-refractivity contribution in [3.05, 3.63) is 36.2 Å². The molecule has 1 atom stereocenters. The first-order valence-electron chi connectivity index (χ1n) is 5.00. The van der Waals surface area contributed by atoms with E-state index in [1.807, 2.05) is 19.3 Å². The Bertz CT molecular complexity index is 384. The smallest absolute Gasteiger partial charge is 0.136 e. The van der Waals surface area contributed by atoms with Crippen molar-refractivity contribution in [1.82, 2.24) is 4.98 Å². The van der Waals surface area contributed by atoms with Gasteiger partial charge < -0.3 is 4.90 Å². The lowest BCUT2D eigenvalue weighted by Gasteiger charge is -2.25. The van der Waals surface area contributed by atoms with Gasteiger partial charge in [0.2, 0.25) is 0 Å². The van der Waals surface area contributed by atoms with Crippen LogP contribution in [0.2, 0.25) is 0 Å². The molecule has 1 aliphatic heterocycles. The van der Waals surface area contributed by atoms with Gasteiger partial charge in [-0.15, -0.1) is 0 Å². The van der Waals surface area contributed by atoms with Crippen molar-refractivity contribution in [2.45, 2.75) is 25.7 Å². The fourth-order valence-electron chi connectivity index (χ4n) is 2.14. The van der Waals surface area contributed by atoms with Crippen molar-refractivity contribution in [2.24, 2.45) is 0 Å². The van der Waals surface area contributed by atoms with Crippen LogP contribution in [0, 0.1) is 0 Å². The highest BCUT2D eigenvalue weighted by Crippen LogP contribution is 2.46. The molecule has 0 fully saturated rings. The molecule has 1 unspecified atom stereocenters. The first-order chi connectivity index (χ1) is 6.61. The minimum absolute atomic E-state index is 0.0678. The highest BCUT2D eigenvalue weighted by atomic mass is 15.2. The summed E-state index contributed by atoms with van der Waals surface area (Å²) in [5, 5.41) is 0. The van der Waals surface area contributed by atoms with E-state index in [1.165, 1.54) is 5.56 Å². The summed E-state index contributed by atoms with van der Waals surface area (Å²) in [7, 11) is 2.04. The third kappa shape index (κ3) is 0.939. The molecule has 0 N–H and O–H groups in total. The predicted octanol–water partition coefficient (Wildman–Crippen LogP) is 2.71. The van der Waals surface area contributed by atoms with Gasteiger partial charge in [-0.3, -0.25) is 0 Å². The van der Waals surface area contributed by atoms with Crippen molar-refractivity contribution in [3.8, 4) is 0 Å². The maximum atomic E-state index is 4.40. The minimum atomic E-state index is 0.0678. The van der Waals surface area contributed by atoms with Gasteiger partial charge in [-0.2, -0.15) is 0 Å². The second-order valence-corrected chi connectivity index (χ2v) is 4.07. The van der Waals surface area contributed by atoms with E-state index in [1.54, 1.807) is 0 Å². The fraction of sp³-hybridized carbons (Fsp3) is 0.417. The van der Waals surface area contributed by atoms with Gasteiger partial charge in [0.25, 0.3) is 0 Å². The predicted molar refractivity (Wildman–Crippen MR) is 59.4 cm³/mol. The first-order valence-corrected chi connectivity index (χ1v) is 5.00. The molecule has 0 amide bonds. The average Bonchev–Trinajstić information content (AvgIpc) is 2.43. The lowest BCUT2D eigenvalue weighted by atomic mass is 9.80. The van der Waals surface area contributed by atoms with Crippen LogP contribution in [0.4, 0.5) is 5.82 Å². The number of nitrogens with zero attached hydrogens (tertiary/aromatic N) is 2. The monoisotopic (exact) mass is 188 g/mol. The van der Waals surface area contributed by atoms with Crippen LogP contribution in [0.25, 0.3) is 0 Å². The number of rotatable bonds is 1. The molecule has 0 saturated heterocycles. The minimum Gasteiger partial charge on any atom is -0.333 e. The van der Waals surface area contributed by atoms with Crippen molar-refractivity contribution in [1.29, 1.82) is 0 Å². The Morgan fingerprint density at radius 2 is 2.29 bits per heavy atom. The molecule has 0 saturated carbocycles. The number of fused-ring (bicyclic) bond motifs is 1. The number of likely N-dealkylation sites (N-methyl/N-ethyl adjacent to an activating group) is 1. The van der Waals surface area contributed by atoms with E-state index >= 15 is 0 Å². The molecule has 0 spiro atoms. The van der Waals surface area contributed by atoms with Crippen LogP contribution in [-0.4, -0.2) is 12.0 Å². The topological polar surface area (TPSA) is 16.1 Å². The molecule has 1 aromatic rings. The van der Waals surface area contributed by atoms with Gasteiger partial charge in [0.1, 0.15) is 5.82 Å². The lowest BCUT2D eigenvalue weighted by Crippen LogP contribution is -2.24. The summed E-state index contributed by atoms with van der Waals surface area (Å²) in [5.41, 5.74) is 2.52. The quantitative estimate of drug-likeness (QED) is 0.673. The number of pyridine rings is 1. The number of hydrogen-bond donors (Lipinski definition) is 0. The Hall–Kier alpha value is -1.31. The Labute approximate surface area is 85.3 Å². The highest BCUT2D eigenvalue weighted by molar-refractivity contribution is 5.65. The van der Waals surface area contributed by atoms with Crippen LogP contribution < -0.4 is 4.90 Å². The van der Waals surface area contributed by atoms with Crippen LogP contribution in [0.1, 0.15) is 25.8 Å². The van der Waals surface area contributed by atoms with E-state index < -0.39 is 0 Å². The normalized spacial score (nSPS) is 25.4. The summed E-state index contributed by atoms with van der Waals surface area (Å²) in [6, 6.07) is 4.15. The van der Waals surface area contributed by atoms with Gasteiger partial charge >= 0.3 is 0 Å². The molecule has 2 heteroatoms. The summed E-state index contributed by atoms with van der Waals surface area (Å²) in [5.74, 6) is 1.06. The largest absolute Gasteiger partial charge is 0.333 e. The standard InChI is InChI=1S/C12H16N2/c1-5-12(3)9(2)14(4)11-10(12)7-6-8-13-11/h6-8H,2,5H2,1,3-4H3. The third-order valence-electron chi connectivity index (χ3n) is 3.45. The molecular weight excluding hydrogens is 172 g/mol. The van der Waals surface area contributed by atoms with Crippen molar-refractivity contribution < 1.29 is 0 Å². The molecule has 2 nitrogen and oxygen atoms in total. The van der Waals surface area contributed by atoms with Gasteiger partial charge in [0.05, 0.1) is 0 Å². The van der Waals surface area contributed by atoms with Crippen molar-refractivity contribution in [3.63, 3.8) is 0 Å². The van der Waals surface area contributed by atoms with Crippen molar-refractivity contribution in [2.75, 3.05) is 11.9 Å². The molecular formula is C12H16N2. The average molecular weight is 188 g/mol. The Morgan fingerprint density at radius 3 is 2.93 bits per heavy atom. The Kier molecular flexibility index (Phi) is 1.88. The molecule has 0 radical (unpaired) electrons. The number of hydrogen-bond acceptors (Lipinski definition) is 2. The van der Waals surface area contributed by atoms with E-state index in [0.717, 1.165) is 17.9 Å². The Balaban J connectivity index is 2.65. The van der Waals surface area contributed by atoms with Crippen molar-refractivity contribution >= 4 is 5.82 Å². The number of anilines is 1. The molecule has 0 bridgehead atoms. The van der Waals surface area contributed by atoms with Crippen LogP contribution in [0.15, 0.2) is 30.6 Å². The van der Waals surface area contributed by atoms with E-state index in [2.05, 4.69) is 36.4 Å². The maximum absolute atomic E-state index is 4.40. The zero-order valence-corrected chi connectivity index (χ0v) is 9.04. The van der Waals surface area contributed by atoms with Crippen LogP contribution in [0.3, 0.4) is 0 Å². The molecule has 0 aliphatic carbocycles. The van der Waals surface area contributed by atoms with Crippen LogP contribution >= 0.6 is 0 Å². The van der Waals surface area contributed by atoms with E-state index in [9.17, 15) is 0 Å². The summed E-state index contributed by atoms with van der Waals surface area (Å²) in [4.78, 5) is 6.50. The maximum Gasteiger partial charge on any atom is 0.136 e. The van der Waals surface area contributed by atoms with Crippen LogP contribution in [0.5, 0.6) is 0 Å². The Morgan fingerprint density at radius 1 is 1.57 bits per heavy atom. The van der Waals surface area contributed by atoms with Gasteiger partial charge in [0.15, 0.2) is 0 Å². The van der Waals surface area contributed by atoms with E-state index in [-0.39, 0.29) is 5.41 Å². The summed E-state index contributed by atoms with van der Waals surface area (Å²) in [6.07, 6.45) is 2.90. The van der Waals surface area contributed by atoms with Gasteiger partial charge in [-0.05, 0) is 19.4 Å². The second-order valence-electron chi connectivity index (χ2n) is 4.07. The molecule has 2 heterocycles. The first kappa shape index (κ1) is 9.25. The summed E-state index contributed by atoms with van der Waals surface area (Å²) in [6.45, 7) is 8.59. The molecule has 2 rings (SSSR count). The van der Waals surface area contributed by atoms with Gasteiger partial charge in [-0.1, -0.05) is 19.6 Å². The zero-order chi connectivity index (χ0) is 10.3. The molecule has 1 aliphatic rings. The fourth-order valence-corrected chi connectivity index (χ4v) is 2.14. The van der Waals surface area contributed by atoms with Gasteiger partial charge in [-0.25, -0.2) is 4.98 Å². The SMILES string of the molecule is C=C1N(C)c2ncccc2C1(C)CC. The summed E-state index contributed by atoms with van der Waals surface area (Å²) < 4.78 is 0. The summed E-state index contributed by atoms with van der Waals surface area (Å²) >= 11 is 0. The number of allylic oxidation sites excluding steroid dienone is 1. The van der Waals surface area contributed by atoms with E-state index in [4.69, 9.17) is 0 Å². The highest BCUT2D eigenvalue weighted by Gasteiger charge is 2.40. The molecule has 0 aromatic carbocycles. The molecule has 1 aromatic heterocycles. The zero-order valence-electron chi connectivity index (χ0n) is 9.04.